The van der Waals surface area contributed by atoms with Crippen molar-refractivity contribution in [1.82, 2.24) is 14.1 Å². The van der Waals surface area contributed by atoms with Gasteiger partial charge in [0.15, 0.2) is 0 Å². The van der Waals surface area contributed by atoms with Gasteiger partial charge in [-0.05, 0) is 110 Å². The number of pyridine rings is 1. The maximum absolute atomic E-state index is 7.24. The number of hydrogen-bond acceptors (Lipinski definition) is 2. The zero-order valence-corrected chi connectivity index (χ0v) is 50.0. The van der Waals surface area contributed by atoms with Crippen molar-refractivity contribution in [3.8, 4) is 28.7 Å². The van der Waals surface area contributed by atoms with E-state index >= 15 is 0 Å². The molecular formula is C76H78N4O. The van der Waals surface area contributed by atoms with E-state index in [1.54, 1.807) is 0 Å². The van der Waals surface area contributed by atoms with E-state index in [1.165, 1.54) is 55.3 Å². The summed E-state index contributed by atoms with van der Waals surface area (Å²) in [6.07, 6.45) is 6.08. The van der Waals surface area contributed by atoms with E-state index in [9.17, 15) is 0 Å². The maximum atomic E-state index is 7.24. The lowest BCUT2D eigenvalue weighted by atomic mass is 9.72. The van der Waals surface area contributed by atoms with Crippen molar-refractivity contribution < 1.29 is 9.30 Å². The molecule has 0 radical (unpaired) electrons. The third-order valence-electron chi connectivity index (χ3n) is 17.4. The van der Waals surface area contributed by atoms with Gasteiger partial charge in [-0.1, -0.05) is 249 Å². The second kappa shape index (κ2) is 20.4. The first kappa shape index (κ1) is 54.7. The van der Waals surface area contributed by atoms with Crippen molar-refractivity contribution in [1.29, 1.82) is 0 Å². The topological polar surface area (TPSA) is 35.9 Å². The molecule has 0 aliphatic heterocycles. The molecule has 0 N–H and O–H groups in total. The molecule has 11 aromatic rings. The lowest BCUT2D eigenvalue weighted by molar-refractivity contribution is -0.611. The molecule has 0 aliphatic carbocycles. The molecule has 3 heterocycles. The minimum absolute atomic E-state index is 0.0531. The van der Waals surface area contributed by atoms with Gasteiger partial charge < -0.3 is 4.74 Å². The highest BCUT2D eigenvalue weighted by Gasteiger charge is 2.41. The first-order valence-electron chi connectivity index (χ1n) is 28.8. The lowest BCUT2D eigenvalue weighted by Gasteiger charge is -2.36. The van der Waals surface area contributed by atoms with Gasteiger partial charge in [-0.3, -0.25) is 13.7 Å². The molecule has 5 heteroatoms. The smallest absolute Gasteiger partial charge is 0.269 e. The summed E-state index contributed by atoms with van der Waals surface area (Å²) in [4.78, 5) is 5.04. The molecule has 0 saturated carbocycles. The first-order chi connectivity index (χ1) is 38.5. The highest BCUT2D eigenvalue weighted by molar-refractivity contribution is 6.11. The minimum atomic E-state index is -0.535. The molecule has 0 bridgehead atoms. The summed E-state index contributed by atoms with van der Waals surface area (Å²) in [5, 5.41) is 2.40. The lowest BCUT2D eigenvalue weighted by Crippen LogP contribution is -2.43. The molecule has 408 valence electrons. The Bertz CT molecular complexity index is 4000. The Hall–Kier alpha value is -8.28. The van der Waals surface area contributed by atoms with Gasteiger partial charge in [0.25, 0.3) is 6.33 Å². The van der Waals surface area contributed by atoms with E-state index in [2.05, 4.69) is 329 Å². The van der Waals surface area contributed by atoms with Crippen LogP contribution in [-0.4, -0.2) is 14.1 Å². The molecule has 0 spiro atoms. The van der Waals surface area contributed by atoms with Crippen molar-refractivity contribution in [2.24, 2.45) is 0 Å². The summed E-state index contributed by atoms with van der Waals surface area (Å²) in [5.74, 6) is 2.37. The van der Waals surface area contributed by atoms with E-state index < -0.39 is 10.8 Å². The second-order valence-corrected chi connectivity index (χ2v) is 26.4. The van der Waals surface area contributed by atoms with Crippen LogP contribution in [0, 0.1) is 6.33 Å². The number of fused-ring (bicyclic) bond motifs is 3. The SMILES string of the molecule is CC(C)(C)c1ccnc(-n2c3ccccc3c3c(C(C)(C)C)cc(Oc4cccc(-n5[c-][n+](-c6cc(C(C)(C)c7ccccc7)cc(C(C)(C)c7ccccc7)c6)c(C(C)(C)c6ccccc6)c5C(C)(C)c5ccccc5)c4)cc32)c1. The zero-order valence-electron chi connectivity index (χ0n) is 50.0. The van der Waals surface area contributed by atoms with Gasteiger partial charge in [0.05, 0.1) is 33.8 Å². The Labute approximate surface area is 481 Å². The number of benzene rings is 8. The largest absolute Gasteiger partial charge is 0.458 e. The van der Waals surface area contributed by atoms with Crippen molar-refractivity contribution in [3.05, 3.63) is 281 Å². The van der Waals surface area contributed by atoms with Crippen LogP contribution in [-0.2, 0) is 32.5 Å². The number of aromatic nitrogens is 4. The van der Waals surface area contributed by atoms with Crippen molar-refractivity contribution in [3.63, 3.8) is 0 Å². The zero-order chi connectivity index (χ0) is 57.3. The molecule has 11 rings (SSSR count). The third kappa shape index (κ3) is 10.00. The fourth-order valence-corrected chi connectivity index (χ4v) is 12.2. The Morgan fingerprint density at radius 1 is 0.407 bits per heavy atom. The molecule has 0 unspecified atom stereocenters. The third-order valence-corrected chi connectivity index (χ3v) is 17.4. The summed E-state index contributed by atoms with van der Waals surface area (Å²) >= 11 is 0. The summed E-state index contributed by atoms with van der Waals surface area (Å²) in [6.45, 7) is 32.6. The Kier molecular flexibility index (Phi) is 13.7. The predicted molar refractivity (Wildman–Crippen MR) is 336 cm³/mol. The molecule has 0 amide bonds. The van der Waals surface area contributed by atoms with E-state index in [4.69, 9.17) is 9.72 Å². The number of nitrogens with zero attached hydrogens (tertiary/aromatic N) is 4. The molecule has 0 saturated heterocycles. The van der Waals surface area contributed by atoms with Crippen LogP contribution in [0.25, 0.3) is 39.0 Å². The molecular weight excluding hydrogens is 985 g/mol. The van der Waals surface area contributed by atoms with Crippen LogP contribution in [0.3, 0.4) is 0 Å². The summed E-state index contributed by atoms with van der Waals surface area (Å²) in [6, 6.07) is 77.2. The van der Waals surface area contributed by atoms with Crippen LogP contribution in [0.15, 0.2) is 219 Å². The fraction of sp³-hybridized carbons (Fsp3) is 0.263. The van der Waals surface area contributed by atoms with Crippen LogP contribution in [0.2, 0.25) is 0 Å². The normalized spacial score (nSPS) is 12.8. The van der Waals surface area contributed by atoms with Gasteiger partial charge in [0, 0.05) is 44.7 Å². The minimum Gasteiger partial charge on any atom is -0.458 e. The average molecular weight is 1060 g/mol. The van der Waals surface area contributed by atoms with Gasteiger partial charge in [0.2, 0.25) is 0 Å². The Morgan fingerprint density at radius 2 is 0.926 bits per heavy atom. The molecule has 0 atom stereocenters. The monoisotopic (exact) mass is 1060 g/mol. The standard InChI is InChI=1S/C76H78N4O/c1-71(2,3)56-42-43-77-67(47-56)80-65-41-28-27-40-63(65)68-64(72(4,5)6)49-62(50-66(68)80)81-61-39-29-38-59(48-61)78-51-79(70(76(13,14)55-36-25-18-26-37-55)69(78)75(11,12)54-34-23-17-24-35-54)60-45-57(73(7,8)52-30-19-15-20-31-52)44-58(46-60)74(9,10)53-32-21-16-22-33-53/h15-50H,1-14H3. The summed E-state index contributed by atoms with van der Waals surface area (Å²) in [5.41, 5.74) is 14.2. The van der Waals surface area contributed by atoms with Crippen LogP contribution in [0.4, 0.5) is 0 Å². The molecule has 3 aromatic heterocycles. The van der Waals surface area contributed by atoms with Crippen molar-refractivity contribution >= 4 is 21.8 Å². The van der Waals surface area contributed by atoms with Crippen molar-refractivity contribution in [2.45, 2.75) is 129 Å². The molecule has 5 nitrogen and oxygen atoms in total. The second-order valence-electron chi connectivity index (χ2n) is 26.4. The van der Waals surface area contributed by atoms with Crippen LogP contribution in [0.5, 0.6) is 11.5 Å². The van der Waals surface area contributed by atoms with E-state index in [1.807, 2.05) is 6.20 Å². The summed E-state index contributed by atoms with van der Waals surface area (Å²) in [7, 11) is 0. The quantitative estimate of drug-likeness (QED) is 0.0852. The first-order valence-corrected chi connectivity index (χ1v) is 28.8. The number of imidazole rings is 1. The van der Waals surface area contributed by atoms with E-state index in [0.29, 0.717) is 0 Å². The van der Waals surface area contributed by atoms with Gasteiger partial charge in [-0.25, -0.2) is 4.98 Å². The van der Waals surface area contributed by atoms with Gasteiger partial charge in [-0.15, -0.1) is 0 Å². The van der Waals surface area contributed by atoms with E-state index in [-0.39, 0.29) is 21.7 Å². The highest BCUT2D eigenvalue weighted by Crippen LogP contribution is 2.46. The van der Waals surface area contributed by atoms with Crippen LogP contribution >= 0.6 is 0 Å². The predicted octanol–water partition coefficient (Wildman–Crippen LogP) is 18.7. The molecule has 0 aliphatic rings. The van der Waals surface area contributed by atoms with Crippen molar-refractivity contribution in [2.75, 3.05) is 0 Å². The van der Waals surface area contributed by atoms with Gasteiger partial charge >= 0.3 is 0 Å². The molecule has 0 fully saturated rings. The van der Waals surface area contributed by atoms with Crippen LogP contribution < -0.4 is 9.30 Å². The Morgan fingerprint density at radius 3 is 1.47 bits per heavy atom. The number of rotatable bonds is 13. The fourth-order valence-electron chi connectivity index (χ4n) is 12.2. The van der Waals surface area contributed by atoms with Crippen LogP contribution in [0.1, 0.15) is 153 Å². The highest BCUT2D eigenvalue weighted by atomic mass is 16.5. The van der Waals surface area contributed by atoms with Gasteiger partial charge in [0.1, 0.15) is 17.3 Å². The van der Waals surface area contributed by atoms with E-state index in [0.717, 1.165) is 51.1 Å². The molecule has 8 aromatic carbocycles. The summed E-state index contributed by atoms with van der Waals surface area (Å²) < 4.78 is 14.3. The number of para-hydroxylation sites is 1. The average Bonchev–Trinajstić information content (AvgIpc) is 2.85. The molecule has 81 heavy (non-hydrogen) atoms. The number of ether oxygens (including phenoxy) is 1. The maximum Gasteiger partial charge on any atom is 0.269 e. The number of hydrogen-bond donors (Lipinski definition) is 0. The Balaban J connectivity index is 1.16. The van der Waals surface area contributed by atoms with Gasteiger partial charge in [-0.2, -0.15) is 0 Å².